The molecule has 10 heteroatoms. The highest BCUT2D eigenvalue weighted by molar-refractivity contribution is 7.89. The van der Waals surface area contributed by atoms with Gasteiger partial charge in [-0.3, -0.25) is 5.01 Å². The van der Waals surface area contributed by atoms with Gasteiger partial charge in [0, 0.05) is 18.1 Å². The molecule has 2 N–H and O–H groups in total. The third kappa shape index (κ3) is 4.16. The van der Waals surface area contributed by atoms with Crippen LogP contribution in [0.5, 0.6) is 17.2 Å². The zero-order valence-electron chi connectivity index (χ0n) is 17.8. The van der Waals surface area contributed by atoms with E-state index in [-0.39, 0.29) is 10.9 Å². The third-order valence-corrected chi connectivity index (χ3v) is 7.09. The van der Waals surface area contributed by atoms with Crippen LogP contribution in [0.25, 0.3) is 0 Å². The smallest absolute Gasteiger partial charge is 0.238 e. The first-order valence-electron chi connectivity index (χ1n) is 9.69. The number of sulfonamides is 1. The first-order valence-corrected chi connectivity index (χ1v) is 12.1. The highest BCUT2D eigenvalue weighted by Crippen LogP contribution is 2.44. The van der Waals surface area contributed by atoms with Crippen molar-refractivity contribution in [2.45, 2.75) is 17.4 Å². The van der Waals surface area contributed by atoms with Crippen LogP contribution >= 0.6 is 11.3 Å². The molecule has 0 saturated heterocycles. The zero-order chi connectivity index (χ0) is 22.9. The van der Waals surface area contributed by atoms with Gasteiger partial charge in [-0.1, -0.05) is 6.07 Å². The first kappa shape index (κ1) is 22.1. The second-order valence-corrected chi connectivity index (χ2v) is 9.59. The second kappa shape index (κ2) is 8.81. The molecule has 0 saturated carbocycles. The molecule has 2 heterocycles. The summed E-state index contributed by atoms with van der Waals surface area (Å²) in [6.45, 7) is 0. The van der Waals surface area contributed by atoms with Gasteiger partial charge in [0.05, 0.1) is 48.5 Å². The normalized spacial score (nSPS) is 16.1. The van der Waals surface area contributed by atoms with Gasteiger partial charge in [0.15, 0.2) is 11.5 Å². The molecule has 2 aromatic carbocycles. The van der Waals surface area contributed by atoms with Crippen molar-refractivity contribution < 1.29 is 22.6 Å². The molecule has 4 rings (SSSR count). The number of primary sulfonamides is 1. The molecule has 1 aliphatic rings. The summed E-state index contributed by atoms with van der Waals surface area (Å²) in [4.78, 5) is 1.11. The minimum Gasteiger partial charge on any atom is -0.496 e. The number of methoxy groups -OCH3 is 3. The van der Waals surface area contributed by atoms with Crippen LogP contribution in [0, 0.1) is 0 Å². The number of nitrogens with two attached hydrogens (primary N) is 1. The third-order valence-electron chi connectivity index (χ3n) is 5.24. The van der Waals surface area contributed by atoms with Crippen LogP contribution in [0.3, 0.4) is 0 Å². The molecule has 1 aromatic heterocycles. The van der Waals surface area contributed by atoms with Crippen LogP contribution in [0.1, 0.15) is 22.9 Å². The van der Waals surface area contributed by atoms with E-state index in [0.717, 1.165) is 21.8 Å². The van der Waals surface area contributed by atoms with Crippen molar-refractivity contribution in [3.05, 3.63) is 64.4 Å². The number of rotatable bonds is 7. The lowest BCUT2D eigenvalue weighted by molar-refractivity contribution is 0.346. The maximum absolute atomic E-state index is 11.7. The summed E-state index contributed by atoms with van der Waals surface area (Å²) in [5.41, 5.74) is 2.53. The van der Waals surface area contributed by atoms with Crippen LogP contribution in [0.4, 0.5) is 5.69 Å². The Balaban J connectivity index is 1.82. The van der Waals surface area contributed by atoms with E-state index < -0.39 is 10.0 Å². The molecule has 0 bridgehead atoms. The van der Waals surface area contributed by atoms with Gasteiger partial charge in [-0.05, 0) is 41.8 Å². The fraction of sp³-hybridized carbons (Fsp3) is 0.227. The van der Waals surface area contributed by atoms with Gasteiger partial charge in [-0.25, -0.2) is 13.6 Å². The fourth-order valence-corrected chi connectivity index (χ4v) is 4.92. The Morgan fingerprint density at radius 3 is 2.22 bits per heavy atom. The number of hydrazone groups is 1. The van der Waals surface area contributed by atoms with Gasteiger partial charge in [0.2, 0.25) is 10.0 Å². The Kier molecular flexibility index (Phi) is 6.09. The predicted molar refractivity (Wildman–Crippen MR) is 125 cm³/mol. The topological polar surface area (TPSA) is 103 Å². The maximum atomic E-state index is 11.7. The van der Waals surface area contributed by atoms with Crippen LogP contribution < -0.4 is 24.4 Å². The second-order valence-electron chi connectivity index (χ2n) is 7.08. The number of hydrogen-bond acceptors (Lipinski definition) is 8. The van der Waals surface area contributed by atoms with E-state index in [4.69, 9.17) is 24.5 Å². The predicted octanol–water partition coefficient (Wildman–Crippen LogP) is 3.78. The molecular weight excluding hydrogens is 450 g/mol. The lowest BCUT2D eigenvalue weighted by Crippen LogP contribution is -2.20. The molecule has 0 aliphatic carbocycles. The van der Waals surface area contributed by atoms with Crippen molar-refractivity contribution in [2.75, 3.05) is 26.3 Å². The van der Waals surface area contributed by atoms with E-state index in [2.05, 4.69) is 0 Å². The summed E-state index contributed by atoms with van der Waals surface area (Å²) in [5, 5.41) is 14.0. The molecule has 8 nitrogen and oxygen atoms in total. The molecule has 168 valence electrons. The van der Waals surface area contributed by atoms with Crippen molar-refractivity contribution in [3.8, 4) is 17.2 Å². The zero-order valence-corrected chi connectivity index (χ0v) is 19.4. The Morgan fingerprint density at radius 1 is 1.00 bits per heavy atom. The van der Waals surface area contributed by atoms with E-state index in [9.17, 15) is 8.42 Å². The molecule has 0 spiro atoms. The minimum atomic E-state index is -3.79. The number of ether oxygens (including phenoxy) is 3. The summed E-state index contributed by atoms with van der Waals surface area (Å²) >= 11 is 1.61. The van der Waals surface area contributed by atoms with Crippen molar-refractivity contribution in [3.63, 3.8) is 0 Å². The molecule has 3 aromatic rings. The molecule has 1 unspecified atom stereocenters. The van der Waals surface area contributed by atoms with E-state index in [1.54, 1.807) is 50.9 Å². The van der Waals surface area contributed by atoms with E-state index in [1.165, 1.54) is 12.1 Å². The van der Waals surface area contributed by atoms with Crippen LogP contribution in [0.2, 0.25) is 0 Å². The monoisotopic (exact) mass is 473 g/mol. The first-order chi connectivity index (χ1) is 15.4. The standard InChI is InChI=1S/C22H23N3O5S2/c1-28-19-13-21(30-3)20(29-2)11-16(19)18-12-17(22-5-4-10-31-22)24-25(18)14-6-8-15(9-7-14)32(23,26)27/h4-11,13,18H,12H2,1-3H3,(H2,23,26,27). The summed E-state index contributed by atoms with van der Waals surface area (Å²) in [5.74, 6) is 1.79. The van der Waals surface area contributed by atoms with Crippen molar-refractivity contribution in [2.24, 2.45) is 10.2 Å². The van der Waals surface area contributed by atoms with E-state index >= 15 is 0 Å². The number of anilines is 1. The van der Waals surface area contributed by atoms with Gasteiger partial charge >= 0.3 is 0 Å². The minimum absolute atomic E-state index is 0.0446. The maximum Gasteiger partial charge on any atom is 0.238 e. The Labute approximate surface area is 190 Å². The molecular formula is C22H23N3O5S2. The van der Waals surface area contributed by atoms with Gasteiger partial charge < -0.3 is 14.2 Å². The van der Waals surface area contributed by atoms with Gasteiger partial charge in [0.25, 0.3) is 0 Å². The lowest BCUT2D eigenvalue weighted by Gasteiger charge is -2.26. The van der Waals surface area contributed by atoms with Crippen molar-refractivity contribution >= 4 is 32.8 Å². The van der Waals surface area contributed by atoms with Crippen molar-refractivity contribution in [1.82, 2.24) is 0 Å². The van der Waals surface area contributed by atoms with Crippen LogP contribution in [-0.4, -0.2) is 35.5 Å². The fourth-order valence-electron chi connectivity index (χ4n) is 3.68. The Bertz CT molecular complexity index is 1240. The lowest BCUT2D eigenvalue weighted by atomic mass is 9.99. The van der Waals surface area contributed by atoms with Crippen LogP contribution in [-0.2, 0) is 10.0 Å². The number of thiophene rings is 1. The van der Waals surface area contributed by atoms with Gasteiger partial charge in [-0.15, -0.1) is 11.3 Å². The molecule has 0 amide bonds. The molecule has 1 atom stereocenters. The summed E-state index contributed by atoms with van der Waals surface area (Å²) < 4.78 is 39.9. The van der Waals surface area contributed by atoms with Gasteiger partial charge in [-0.2, -0.15) is 5.10 Å². The van der Waals surface area contributed by atoms with E-state index in [1.807, 2.05) is 28.6 Å². The molecule has 0 radical (unpaired) electrons. The largest absolute Gasteiger partial charge is 0.496 e. The number of benzene rings is 2. The number of hydrogen-bond donors (Lipinski definition) is 1. The quantitative estimate of drug-likeness (QED) is 0.560. The summed E-state index contributed by atoms with van der Waals surface area (Å²) in [7, 11) is 0.974. The van der Waals surface area contributed by atoms with Crippen LogP contribution in [0.15, 0.2) is 63.9 Å². The van der Waals surface area contributed by atoms with Crippen molar-refractivity contribution in [1.29, 1.82) is 0 Å². The summed E-state index contributed by atoms with van der Waals surface area (Å²) in [6, 6.07) is 13.8. The SMILES string of the molecule is COc1cc(OC)c(C2CC(c3cccs3)=NN2c2ccc(S(N)(=O)=O)cc2)cc1OC. The molecule has 0 fully saturated rings. The molecule has 32 heavy (non-hydrogen) atoms. The Hall–Kier alpha value is -3.08. The highest BCUT2D eigenvalue weighted by atomic mass is 32.2. The molecule has 1 aliphatic heterocycles. The highest BCUT2D eigenvalue weighted by Gasteiger charge is 2.33. The average molecular weight is 474 g/mol. The average Bonchev–Trinajstić information content (AvgIpc) is 3.47. The van der Waals surface area contributed by atoms with Gasteiger partial charge in [0.1, 0.15) is 5.75 Å². The summed E-state index contributed by atoms with van der Waals surface area (Å²) in [6.07, 6.45) is 0.628. The Morgan fingerprint density at radius 2 is 1.66 bits per heavy atom. The van der Waals surface area contributed by atoms with E-state index in [0.29, 0.717) is 23.7 Å². The number of nitrogens with zero attached hydrogens (tertiary/aromatic N) is 2.